The van der Waals surface area contributed by atoms with E-state index in [0.29, 0.717) is 12.1 Å². The highest BCUT2D eigenvalue weighted by Gasteiger charge is 2.36. The lowest BCUT2D eigenvalue weighted by Crippen LogP contribution is -2.45. The number of aliphatic imine (C=N–C) groups is 1. The van der Waals surface area contributed by atoms with Crippen molar-refractivity contribution in [3.05, 3.63) is 0 Å². The van der Waals surface area contributed by atoms with Crippen molar-refractivity contribution in [1.29, 1.82) is 0 Å². The SMILES string of the molecule is CCCC1CC1NC(=NC)NCC1CCCN1CC. The van der Waals surface area contributed by atoms with Crippen LogP contribution in [0.3, 0.4) is 0 Å². The third-order valence-corrected chi connectivity index (χ3v) is 4.54. The molecular weight excluding hydrogens is 236 g/mol. The molecule has 3 unspecified atom stereocenters. The third kappa shape index (κ3) is 4.10. The molecule has 1 aliphatic carbocycles. The molecule has 2 aliphatic rings. The zero-order valence-electron chi connectivity index (χ0n) is 12.8. The summed E-state index contributed by atoms with van der Waals surface area (Å²) in [5, 5.41) is 7.06. The molecule has 2 N–H and O–H groups in total. The van der Waals surface area contributed by atoms with Gasteiger partial charge in [0.25, 0.3) is 0 Å². The van der Waals surface area contributed by atoms with Gasteiger partial charge in [0.2, 0.25) is 0 Å². The largest absolute Gasteiger partial charge is 0.355 e. The molecule has 19 heavy (non-hydrogen) atoms. The van der Waals surface area contributed by atoms with Gasteiger partial charge in [-0.1, -0.05) is 20.3 Å². The zero-order chi connectivity index (χ0) is 13.7. The molecular formula is C15H30N4. The Morgan fingerprint density at radius 3 is 2.89 bits per heavy atom. The number of rotatable bonds is 6. The number of likely N-dealkylation sites (N-methyl/N-ethyl adjacent to an activating group) is 1. The smallest absolute Gasteiger partial charge is 0.191 e. The van der Waals surface area contributed by atoms with Gasteiger partial charge < -0.3 is 10.6 Å². The van der Waals surface area contributed by atoms with Gasteiger partial charge in [0, 0.05) is 25.7 Å². The van der Waals surface area contributed by atoms with Crippen molar-refractivity contribution in [3.8, 4) is 0 Å². The second kappa shape index (κ2) is 7.13. The van der Waals surface area contributed by atoms with Gasteiger partial charge in [-0.25, -0.2) is 0 Å². The molecule has 4 heteroatoms. The van der Waals surface area contributed by atoms with Crippen molar-refractivity contribution in [2.75, 3.05) is 26.7 Å². The quantitative estimate of drug-likeness (QED) is 0.569. The Labute approximate surface area is 118 Å². The van der Waals surface area contributed by atoms with Crippen molar-refractivity contribution >= 4 is 5.96 Å². The molecule has 1 saturated carbocycles. The van der Waals surface area contributed by atoms with Crippen LogP contribution in [-0.4, -0.2) is 49.6 Å². The van der Waals surface area contributed by atoms with E-state index in [9.17, 15) is 0 Å². The average molecular weight is 266 g/mol. The summed E-state index contributed by atoms with van der Waals surface area (Å²) in [6.45, 7) is 7.97. The predicted octanol–water partition coefficient (Wildman–Crippen LogP) is 1.82. The van der Waals surface area contributed by atoms with E-state index in [0.717, 1.165) is 18.4 Å². The van der Waals surface area contributed by atoms with Gasteiger partial charge >= 0.3 is 0 Å². The number of hydrogen-bond acceptors (Lipinski definition) is 2. The molecule has 1 saturated heterocycles. The van der Waals surface area contributed by atoms with Crippen molar-refractivity contribution in [3.63, 3.8) is 0 Å². The minimum Gasteiger partial charge on any atom is -0.355 e. The van der Waals surface area contributed by atoms with Crippen molar-refractivity contribution in [2.24, 2.45) is 10.9 Å². The van der Waals surface area contributed by atoms with Crippen LogP contribution in [0.1, 0.15) is 46.0 Å². The Hall–Kier alpha value is -0.770. The number of guanidine groups is 1. The van der Waals surface area contributed by atoms with Crippen LogP contribution in [0.5, 0.6) is 0 Å². The van der Waals surface area contributed by atoms with Crippen LogP contribution in [0, 0.1) is 5.92 Å². The van der Waals surface area contributed by atoms with Gasteiger partial charge in [-0.3, -0.25) is 9.89 Å². The summed E-state index contributed by atoms with van der Waals surface area (Å²) in [7, 11) is 1.87. The molecule has 0 aromatic carbocycles. The van der Waals surface area contributed by atoms with E-state index in [4.69, 9.17) is 0 Å². The average Bonchev–Trinajstić information content (AvgIpc) is 2.99. The van der Waals surface area contributed by atoms with E-state index in [2.05, 4.69) is 34.4 Å². The van der Waals surface area contributed by atoms with Crippen LogP contribution in [0.4, 0.5) is 0 Å². The standard InChI is InChI=1S/C15H30N4/c1-4-7-12-10-14(12)18-15(16-3)17-11-13-8-6-9-19(13)5-2/h12-14H,4-11H2,1-3H3,(H2,16,17,18). The van der Waals surface area contributed by atoms with Crippen LogP contribution < -0.4 is 10.6 Å². The number of nitrogens with one attached hydrogen (secondary N) is 2. The van der Waals surface area contributed by atoms with Crippen molar-refractivity contribution in [2.45, 2.75) is 58.0 Å². The van der Waals surface area contributed by atoms with Gasteiger partial charge in [-0.2, -0.15) is 0 Å². The molecule has 3 atom stereocenters. The van der Waals surface area contributed by atoms with Gasteiger partial charge in [0.05, 0.1) is 0 Å². The van der Waals surface area contributed by atoms with Gasteiger partial charge in [-0.05, 0) is 44.7 Å². The third-order valence-electron chi connectivity index (χ3n) is 4.54. The maximum atomic E-state index is 4.35. The molecule has 1 heterocycles. The summed E-state index contributed by atoms with van der Waals surface area (Å²) >= 11 is 0. The Balaban J connectivity index is 1.69. The molecule has 4 nitrogen and oxygen atoms in total. The van der Waals surface area contributed by atoms with Crippen molar-refractivity contribution < 1.29 is 0 Å². The van der Waals surface area contributed by atoms with Crippen LogP contribution in [0.25, 0.3) is 0 Å². The molecule has 0 spiro atoms. The molecule has 0 radical (unpaired) electrons. The maximum Gasteiger partial charge on any atom is 0.191 e. The monoisotopic (exact) mass is 266 g/mol. The minimum atomic E-state index is 0.664. The normalized spacial score (nSPS) is 31.5. The van der Waals surface area contributed by atoms with E-state index in [1.807, 2.05) is 7.05 Å². The first-order chi connectivity index (χ1) is 9.28. The molecule has 1 aliphatic heterocycles. The fourth-order valence-corrected chi connectivity index (χ4v) is 3.24. The second-order valence-corrected chi connectivity index (χ2v) is 5.91. The summed E-state index contributed by atoms with van der Waals surface area (Å²) < 4.78 is 0. The van der Waals surface area contributed by atoms with Crippen LogP contribution >= 0.6 is 0 Å². The predicted molar refractivity (Wildman–Crippen MR) is 81.6 cm³/mol. The highest BCUT2D eigenvalue weighted by Crippen LogP contribution is 2.34. The van der Waals surface area contributed by atoms with Crippen LogP contribution in [0.15, 0.2) is 4.99 Å². The topological polar surface area (TPSA) is 39.7 Å². The first-order valence-corrected chi connectivity index (χ1v) is 7.99. The molecule has 0 amide bonds. The molecule has 2 fully saturated rings. The van der Waals surface area contributed by atoms with Gasteiger partial charge in [0.1, 0.15) is 0 Å². The second-order valence-electron chi connectivity index (χ2n) is 5.91. The highest BCUT2D eigenvalue weighted by molar-refractivity contribution is 5.80. The van der Waals surface area contributed by atoms with E-state index < -0.39 is 0 Å². The molecule has 0 aromatic heterocycles. The first kappa shape index (κ1) is 14.6. The molecule has 0 aromatic rings. The minimum absolute atomic E-state index is 0.664. The number of hydrogen-bond donors (Lipinski definition) is 2. The van der Waals surface area contributed by atoms with E-state index in [1.54, 1.807) is 0 Å². The van der Waals surface area contributed by atoms with Crippen LogP contribution in [-0.2, 0) is 0 Å². The highest BCUT2D eigenvalue weighted by atomic mass is 15.2. The summed E-state index contributed by atoms with van der Waals surface area (Å²) in [6, 6.07) is 1.35. The van der Waals surface area contributed by atoms with Crippen molar-refractivity contribution in [1.82, 2.24) is 15.5 Å². The summed E-state index contributed by atoms with van der Waals surface area (Å²) in [6.07, 6.45) is 6.62. The fourth-order valence-electron chi connectivity index (χ4n) is 3.24. The van der Waals surface area contributed by atoms with E-state index in [1.165, 1.54) is 45.2 Å². The lowest BCUT2D eigenvalue weighted by atomic mass is 10.2. The summed E-state index contributed by atoms with van der Waals surface area (Å²) in [5.41, 5.74) is 0. The Kier molecular flexibility index (Phi) is 5.49. The lowest BCUT2D eigenvalue weighted by molar-refractivity contribution is 0.267. The Bertz CT molecular complexity index is 303. The fraction of sp³-hybridized carbons (Fsp3) is 0.933. The van der Waals surface area contributed by atoms with E-state index >= 15 is 0 Å². The summed E-state index contributed by atoms with van der Waals surface area (Å²) in [5.74, 6) is 1.87. The number of nitrogens with zero attached hydrogens (tertiary/aromatic N) is 2. The Morgan fingerprint density at radius 1 is 1.37 bits per heavy atom. The molecule has 0 bridgehead atoms. The van der Waals surface area contributed by atoms with Gasteiger partial charge in [-0.15, -0.1) is 0 Å². The van der Waals surface area contributed by atoms with Gasteiger partial charge in [0.15, 0.2) is 5.96 Å². The lowest BCUT2D eigenvalue weighted by Gasteiger charge is -2.24. The number of likely N-dealkylation sites (tertiary alicyclic amines) is 1. The summed E-state index contributed by atoms with van der Waals surface area (Å²) in [4.78, 5) is 6.92. The maximum absolute atomic E-state index is 4.35. The molecule has 2 rings (SSSR count). The zero-order valence-corrected chi connectivity index (χ0v) is 12.8. The first-order valence-electron chi connectivity index (χ1n) is 7.99. The molecule has 110 valence electrons. The van der Waals surface area contributed by atoms with E-state index in [-0.39, 0.29) is 0 Å². The Morgan fingerprint density at radius 2 is 2.21 bits per heavy atom. The van der Waals surface area contributed by atoms with Crippen LogP contribution in [0.2, 0.25) is 0 Å².